The summed E-state index contributed by atoms with van der Waals surface area (Å²) in [7, 11) is 0. The first-order chi connectivity index (χ1) is 9.61. The molecule has 2 rings (SSSR count). The van der Waals surface area contributed by atoms with E-state index in [0.29, 0.717) is 12.5 Å². The second-order valence-corrected chi connectivity index (χ2v) is 6.20. The van der Waals surface area contributed by atoms with Gasteiger partial charge in [-0.25, -0.2) is 0 Å². The van der Waals surface area contributed by atoms with Crippen LogP contribution in [0.25, 0.3) is 0 Å². The van der Waals surface area contributed by atoms with Crippen molar-refractivity contribution in [1.29, 1.82) is 0 Å². The van der Waals surface area contributed by atoms with Gasteiger partial charge in [0.15, 0.2) is 0 Å². The zero-order chi connectivity index (χ0) is 14.5. The van der Waals surface area contributed by atoms with Crippen LogP contribution in [0.5, 0.6) is 0 Å². The third-order valence-electron chi connectivity index (χ3n) is 4.72. The first-order valence-corrected chi connectivity index (χ1v) is 8.09. The molecule has 4 nitrogen and oxygen atoms in total. The van der Waals surface area contributed by atoms with Crippen molar-refractivity contribution in [2.24, 2.45) is 11.7 Å². The Morgan fingerprint density at radius 3 is 2.70 bits per heavy atom. The fourth-order valence-corrected chi connectivity index (χ4v) is 3.35. The quantitative estimate of drug-likeness (QED) is 0.837. The highest BCUT2D eigenvalue weighted by molar-refractivity contribution is 5.80. The lowest BCUT2D eigenvalue weighted by Crippen LogP contribution is -2.45. The summed E-state index contributed by atoms with van der Waals surface area (Å²) in [5.41, 5.74) is 7.20. The summed E-state index contributed by atoms with van der Waals surface area (Å²) in [6.07, 6.45) is 7.85. The van der Waals surface area contributed by atoms with Crippen molar-refractivity contribution in [3.63, 3.8) is 0 Å². The average Bonchev–Trinajstić information content (AvgIpc) is 2.94. The van der Waals surface area contributed by atoms with E-state index in [0.717, 1.165) is 45.3 Å². The maximum atomic E-state index is 12.5. The Balaban J connectivity index is 1.82. The van der Waals surface area contributed by atoms with E-state index in [1.807, 2.05) is 4.90 Å². The van der Waals surface area contributed by atoms with Gasteiger partial charge in [-0.15, -0.1) is 0 Å². The van der Waals surface area contributed by atoms with Gasteiger partial charge in [-0.05, 0) is 65.0 Å². The molecule has 0 saturated carbocycles. The van der Waals surface area contributed by atoms with Crippen molar-refractivity contribution in [1.82, 2.24) is 9.80 Å². The minimum absolute atomic E-state index is 0.264. The molecule has 1 unspecified atom stereocenters. The number of nitrogens with zero attached hydrogens (tertiary/aromatic N) is 2. The van der Waals surface area contributed by atoms with E-state index in [1.165, 1.54) is 12.1 Å². The molecular weight excluding hydrogens is 250 g/mol. The van der Waals surface area contributed by atoms with E-state index in [9.17, 15) is 4.79 Å². The predicted molar refractivity (Wildman–Crippen MR) is 82.1 cm³/mol. The van der Waals surface area contributed by atoms with Gasteiger partial charge < -0.3 is 10.6 Å². The number of amides is 1. The van der Waals surface area contributed by atoms with Crippen molar-refractivity contribution in [3.05, 3.63) is 11.8 Å². The minimum Gasteiger partial charge on any atom is -0.328 e. The summed E-state index contributed by atoms with van der Waals surface area (Å²) in [6.45, 7) is 7.54. The molecule has 1 aliphatic heterocycles. The fraction of sp³-hybridized carbons (Fsp3) is 0.812. The number of rotatable bonds is 5. The van der Waals surface area contributed by atoms with Crippen LogP contribution in [0, 0.1) is 5.92 Å². The lowest BCUT2D eigenvalue weighted by molar-refractivity contribution is -0.130. The van der Waals surface area contributed by atoms with Crippen LogP contribution in [0.4, 0.5) is 0 Å². The smallest absolute Gasteiger partial charge is 0.240 e. The Bertz CT molecular complexity index is 357. The Morgan fingerprint density at radius 1 is 1.50 bits per heavy atom. The number of likely N-dealkylation sites (N-methyl/N-ethyl adjacent to an activating group) is 1. The monoisotopic (exact) mass is 279 g/mol. The van der Waals surface area contributed by atoms with E-state index < -0.39 is 0 Å². The normalized spacial score (nSPS) is 22.6. The van der Waals surface area contributed by atoms with Gasteiger partial charge in [-0.2, -0.15) is 0 Å². The summed E-state index contributed by atoms with van der Waals surface area (Å²) in [6, 6.07) is 0.281. The molecule has 0 aromatic rings. The highest BCUT2D eigenvalue weighted by atomic mass is 16.2. The molecule has 1 saturated heterocycles. The molecule has 1 aliphatic carbocycles. The van der Waals surface area contributed by atoms with Gasteiger partial charge in [0.25, 0.3) is 0 Å². The van der Waals surface area contributed by atoms with E-state index in [2.05, 4.69) is 24.8 Å². The van der Waals surface area contributed by atoms with Crippen LogP contribution in [0.1, 0.15) is 46.0 Å². The maximum Gasteiger partial charge on any atom is 0.240 e. The second kappa shape index (κ2) is 7.23. The Hall–Kier alpha value is -0.870. The fourth-order valence-electron chi connectivity index (χ4n) is 3.35. The van der Waals surface area contributed by atoms with Crippen LogP contribution >= 0.6 is 0 Å². The van der Waals surface area contributed by atoms with Gasteiger partial charge in [0.2, 0.25) is 5.91 Å². The molecule has 1 fully saturated rings. The maximum absolute atomic E-state index is 12.5. The van der Waals surface area contributed by atoms with Crippen molar-refractivity contribution < 1.29 is 4.79 Å². The van der Waals surface area contributed by atoms with Gasteiger partial charge in [0.05, 0.1) is 6.54 Å². The number of allylic oxidation sites excluding steroid dienone is 2. The molecule has 1 amide bonds. The topological polar surface area (TPSA) is 49.6 Å². The Labute approximate surface area is 123 Å². The molecule has 20 heavy (non-hydrogen) atoms. The van der Waals surface area contributed by atoms with Crippen LogP contribution in [0.15, 0.2) is 11.8 Å². The standard InChI is InChI=1S/C16H29N3O/c1-3-19(15-6-4-5-7-15)16(20)12-18-10-8-14(9-11-18)13(2)17/h6,13-14H,3-5,7-12,17H2,1-2H3. The second-order valence-electron chi connectivity index (χ2n) is 6.20. The first kappa shape index (κ1) is 15.5. The van der Waals surface area contributed by atoms with Crippen molar-refractivity contribution in [2.75, 3.05) is 26.2 Å². The van der Waals surface area contributed by atoms with E-state index in [4.69, 9.17) is 5.73 Å². The third-order valence-corrected chi connectivity index (χ3v) is 4.72. The highest BCUT2D eigenvalue weighted by Crippen LogP contribution is 2.23. The summed E-state index contributed by atoms with van der Waals surface area (Å²) >= 11 is 0. The molecule has 0 spiro atoms. The number of carbonyl (C=O) groups is 1. The molecule has 1 atom stereocenters. The van der Waals surface area contributed by atoms with E-state index >= 15 is 0 Å². The largest absolute Gasteiger partial charge is 0.328 e. The lowest BCUT2D eigenvalue weighted by Gasteiger charge is -2.34. The zero-order valence-electron chi connectivity index (χ0n) is 13.0. The first-order valence-electron chi connectivity index (χ1n) is 8.09. The number of nitrogens with two attached hydrogens (primary N) is 1. The molecule has 0 bridgehead atoms. The van der Waals surface area contributed by atoms with E-state index in [1.54, 1.807) is 0 Å². The predicted octanol–water partition coefficient (Wildman–Crippen LogP) is 1.96. The molecule has 2 N–H and O–H groups in total. The molecule has 2 aliphatic rings. The molecule has 1 heterocycles. The van der Waals surface area contributed by atoms with Crippen LogP contribution < -0.4 is 5.73 Å². The van der Waals surface area contributed by atoms with Gasteiger partial charge in [0.1, 0.15) is 0 Å². The van der Waals surface area contributed by atoms with E-state index in [-0.39, 0.29) is 11.9 Å². The van der Waals surface area contributed by atoms with Crippen LogP contribution in [-0.4, -0.2) is 47.9 Å². The summed E-state index contributed by atoms with van der Waals surface area (Å²) in [5, 5.41) is 0. The van der Waals surface area contributed by atoms with Crippen molar-refractivity contribution in [3.8, 4) is 0 Å². The third kappa shape index (κ3) is 3.83. The highest BCUT2D eigenvalue weighted by Gasteiger charge is 2.25. The summed E-state index contributed by atoms with van der Waals surface area (Å²) in [4.78, 5) is 16.7. The van der Waals surface area contributed by atoms with Gasteiger partial charge in [-0.3, -0.25) is 9.69 Å². The Morgan fingerprint density at radius 2 is 2.20 bits per heavy atom. The van der Waals surface area contributed by atoms with Gasteiger partial charge in [0, 0.05) is 18.3 Å². The minimum atomic E-state index is 0.264. The van der Waals surface area contributed by atoms with Gasteiger partial charge >= 0.3 is 0 Å². The number of hydrogen-bond donors (Lipinski definition) is 1. The number of hydrogen-bond acceptors (Lipinski definition) is 3. The lowest BCUT2D eigenvalue weighted by atomic mass is 9.91. The van der Waals surface area contributed by atoms with Crippen LogP contribution in [0.3, 0.4) is 0 Å². The Kier molecular flexibility index (Phi) is 5.61. The SMILES string of the molecule is CCN(C(=O)CN1CCC(C(C)N)CC1)C1=CCCC1. The average molecular weight is 279 g/mol. The molecule has 114 valence electrons. The van der Waals surface area contributed by atoms with Crippen LogP contribution in [-0.2, 0) is 4.79 Å². The van der Waals surface area contributed by atoms with Crippen LogP contribution in [0.2, 0.25) is 0 Å². The van der Waals surface area contributed by atoms with Crippen molar-refractivity contribution >= 4 is 5.91 Å². The number of likely N-dealkylation sites (tertiary alicyclic amines) is 1. The molecule has 0 aromatic heterocycles. The molecule has 0 radical (unpaired) electrons. The molecule has 0 aromatic carbocycles. The number of carbonyl (C=O) groups excluding carboxylic acids is 1. The zero-order valence-corrected chi connectivity index (χ0v) is 13.0. The summed E-state index contributed by atoms with van der Waals surface area (Å²) < 4.78 is 0. The molecular formula is C16H29N3O. The summed E-state index contributed by atoms with van der Waals surface area (Å²) in [5.74, 6) is 0.890. The molecule has 4 heteroatoms. The van der Waals surface area contributed by atoms with Crippen molar-refractivity contribution in [2.45, 2.75) is 52.0 Å². The van der Waals surface area contributed by atoms with Gasteiger partial charge in [-0.1, -0.05) is 6.08 Å². The number of piperidine rings is 1.